The second-order valence-corrected chi connectivity index (χ2v) is 10.2. The number of furan rings is 1. The first-order chi connectivity index (χ1) is 14.6. The minimum absolute atomic E-state index is 0.0574. The fourth-order valence-electron chi connectivity index (χ4n) is 3.91. The van der Waals surface area contributed by atoms with Gasteiger partial charge < -0.3 is 20.2 Å². The third kappa shape index (κ3) is 5.97. The zero-order chi connectivity index (χ0) is 22.6. The van der Waals surface area contributed by atoms with Crippen LogP contribution in [-0.2, 0) is 29.0 Å². The molecule has 0 bridgehead atoms. The molecule has 8 heteroatoms. The van der Waals surface area contributed by atoms with E-state index in [0.717, 1.165) is 29.7 Å². The van der Waals surface area contributed by atoms with Crippen molar-refractivity contribution in [1.29, 1.82) is 0 Å². The van der Waals surface area contributed by atoms with Crippen molar-refractivity contribution in [2.75, 3.05) is 5.32 Å². The number of anilines is 1. The molecular formula is C23H30N2O5S. The van der Waals surface area contributed by atoms with Crippen LogP contribution in [0.15, 0.2) is 22.8 Å². The van der Waals surface area contributed by atoms with Crippen LogP contribution >= 0.6 is 11.3 Å². The minimum atomic E-state index is -0.925. The number of amides is 2. The van der Waals surface area contributed by atoms with Crippen LogP contribution in [0, 0.1) is 11.3 Å². The van der Waals surface area contributed by atoms with E-state index in [9.17, 15) is 14.4 Å². The summed E-state index contributed by atoms with van der Waals surface area (Å²) in [5.41, 5.74) is 1.72. The molecule has 0 unspecified atom stereocenters. The fraction of sp³-hybridized carbons (Fsp3) is 0.522. The van der Waals surface area contributed by atoms with Crippen molar-refractivity contribution in [2.24, 2.45) is 11.3 Å². The van der Waals surface area contributed by atoms with Crippen LogP contribution in [-0.4, -0.2) is 22.9 Å². The van der Waals surface area contributed by atoms with E-state index in [1.807, 2.05) is 0 Å². The highest BCUT2D eigenvalue weighted by molar-refractivity contribution is 7.17. The fourth-order valence-corrected chi connectivity index (χ4v) is 5.25. The molecule has 1 atom stereocenters. The van der Waals surface area contributed by atoms with Gasteiger partial charge in [0.05, 0.1) is 18.4 Å². The minimum Gasteiger partial charge on any atom is -0.481 e. The first kappa shape index (κ1) is 23.1. The third-order valence-corrected chi connectivity index (χ3v) is 6.94. The molecule has 3 N–H and O–H groups in total. The van der Waals surface area contributed by atoms with E-state index in [1.54, 1.807) is 18.4 Å². The first-order valence-electron chi connectivity index (χ1n) is 10.6. The quantitative estimate of drug-likeness (QED) is 0.548. The largest absolute Gasteiger partial charge is 0.481 e. The summed E-state index contributed by atoms with van der Waals surface area (Å²) in [6.45, 7) is 6.97. The zero-order valence-electron chi connectivity index (χ0n) is 18.2. The Balaban J connectivity index is 1.80. The Hall–Kier alpha value is -2.61. The van der Waals surface area contributed by atoms with Gasteiger partial charge in [0, 0.05) is 17.7 Å². The van der Waals surface area contributed by atoms with Crippen LogP contribution in [0.25, 0.3) is 0 Å². The molecule has 168 valence electrons. The number of carbonyl (C=O) groups is 3. The summed E-state index contributed by atoms with van der Waals surface area (Å²) >= 11 is 1.47. The van der Waals surface area contributed by atoms with Gasteiger partial charge in [-0.15, -0.1) is 11.3 Å². The Labute approximate surface area is 186 Å². The number of rotatable bonds is 8. The number of nitrogens with one attached hydrogen (secondary N) is 2. The summed E-state index contributed by atoms with van der Waals surface area (Å²) in [5, 5.41) is 15.1. The van der Waals surface area contributed by atoms with Gasteiger partial charge in [-0.1, -0.05) is 20.8 Å². The van der Waals surface area contributed by atoms with Crippen molar-refractivity contribution in [3.05, 3.63) is 40.2 Å². The van der Waals surface area contributed by atoms with Gasteiger partial charge >= 0.3 is 5.97 Å². The van der Waals surface area contributed by atoms with Gasteiger partial charge in [0.15, 0.2) is 0 Å². The Morgan fingerprint density at radius 1 is 1.26 bits per heavy atom. The van der Waals surface area contributed by atoms with Crippen LogP contribution in [0.4, 0.5) is 5.00 Å². The van der Waals surface area contributed by atoms with E-state index in [1.165, 1.54) is 11.3 Å². The lowest BCUT2D eigenvalue weighted by molar-refractivity contribution is -0.137. The molecule has 0 fully saturated rings. The lowest BCUT2D eigenvalue weighted by Gasteiger charge is -2.33. The number of hydrogen-bond acceptors (Lipinski definition) is 5. The molecule has 2 aromatic heterocycles. The van der Waals surface area contributed by atoms with Crippen molar-refractivity contribution < 1.29 is 23.9 Å². The summed E-state index contributed by atoms with van der Waals surface area (Å²) in [7, 11) is 0. The molecule has 1 aliphatic rings. The maximum atomic E-state index is 13.1. The molecule has 0 aliphatic heterocycles. The van der Waals surface area contributed by atoms with Gasteiger partial charge in [-0.3, -0.25) is 14.4 Å². The average molecular weight is 447 g/mol. The highest BCUT2D eigenvalue weighted by Gasteiger charge is 2.34. The molecule has 0 radical (unpaired) electrons. The van der Waals surface area contributed by atoms with Crippen molar-refractivity contribution >= 4 is 34.1 Å². The third-order valence-electron chi connectivity index (χ3n) is 5.77. The molecular weight excluding hydrogens is 416 g/mol. The van der Waals surface area contributed by atoms with Gasteiger partial charge in [0.1, 0.15) is 10.8 Å². The number of carboxylic acids is 1. The average Bonchev–Trinajstić information content (AvgIpc) is 3.31. The molecule has 0 spiro atoms. The van der Waals surface area contributed by atoms with Crippen LogP contribution < -0.4 is 10.6 Å². The normalized spacial score (nSPS) is 15.9. The number of carboxylic acid groups (broad SMARTS) is 1. The standard InChI is InChI=1S/C23H30N2O5S/c1-23(2,3)14-9-10-16-17(12-14)31-22(25-18(26)7-4-8-19(27)28)20(16)21(29)24-13-15-6-5-11-30-15/h5-6,11,14H,4,7-10,12-13H2,1-3H3,(H,24,29)(H,25,26)(H,27,28)/t14-/m0/s1. The van der Waals surface area contributed by atoms with Gasteiger partial charge in [-0.2, -0.15) is 0 Å². The molecule has 0 saturated heterocycles. The van der Waals surface area contributed by atoms with Crippen LogP contribution in [0.1, 0.15) is 73.0 Å². The van der Waals surface area contributed by atoms with Gasteiger partial charge in [-0.25, -0.2) is 0 Å². The smallest absolute Gasteiger partial charge is 0.303 e. The molecule has 1 aliphatic carbocycles. The van der Waals surface area contributed by atoms with E-state index in [4.69, 9.17) is 9.52 Å². The molecule has 3 rings (SSSR count). The van der Waals surface area contributed by atoms with Gasteiger partial charge in [0.2, 0.25) is 5.91 Å². The SMILES string of the molecule is CC(C)(C)[C@H]1CCc2c(sc(NC(=O)CCCC(=O)O)c2C(=O)NCc2ccco2)C1. The molecule has 2 aromatic rings. The van der Waals surface area contributed by atoms with Crippen molar-refractivity contribution in [2.45, 2.75) is 65.8 Å². The molecule has 31 heavy (non-hydrogen) atoms. The summed E-state index contributed by atoms with van der Waals surface area (Å²) in [5.74, 6) is -0.261. The van der Waals surface area contributed by atoms with E-state index >= 15 is 0 Å². The first-order valence-corrected chi connectivity index (χ1v) is 11.4. The van der Waals surface area contributed by atoms with E-state index < -0.39 is 5.97 Å². The number of fused-ring (bicyclic) bond motifs is 1. The summed E-state index contributed by atoms with van der Waals surface area (Å²) < 4.78 is 5.29. The molecule has 2 heterocycles. The van der Waals surface area contributed by atoms with Crippen LogP contribution in [0.3, 0.4) is 0 Å². The lowest BCUT2D eigenvalue weighted by Crippen LogP contribution is -2.28. The summed E-state index contributed by atoms with van der Waals surface area (Å²) in [6.07, 6.45) is 4.55. The second kappa shape index (κ2) is 9.68. The number of aliphatic carboxylic acids is 1. The Kier molecular flexibility index (Phi) is 7.20. The summed E-state index contributed by atoms with van der Waals surface area (Å²) in [6, 6.07) is 3.56. The molecule has 0 saturated carbocycles. The Bertz CT molecular complexity index is 940. The van der Waals surface area contributed by atoms with Crippen LogP contribution in [0.2, 0.25) is 0 Å². The predicted octanol–water partition coefficient (Wildman–Crippen LogP) is 4.62. The summed E-state index contributed by atoms with van der Waals surface area (Å²) in [4.78, 5) is 37.3. The second-order valence-electron chi connectivity index (χ2n) is 9.07. The maximum absolute atomic E-state index is 13.1. The van der Waals surface area contributed by atoms with Crippen LogP contribution in [0.5, 0.6) is 0 Å². The van der Waals surface area contributed by atoms with E-state index in [2.05, 4.69) is 31.4 Å². The maximum Gasteiger partial charge on any atom is 0.303 e. The Morgan fingerprint density at radius 2 is 2.03 bits per heavy atom. The Morgan fingerprint density at radius 3 is 2.68 bits per heavy atom. The van der Waals surface area contributed by atoms with E-state index in [0.29, 0.717) is 22.2 Å². The van der Waals surface area contributed by atoms with Gasteiger partial charge in [-0.05, 0) is 54.7 Å². The molecule has 7 nitrogen and oxygen atoms in total. The topological polar surface area (TPSA) is 109 Å². The lowest BCUT2D eigenvalue weighted by atomic mass is 9.72. The zero-order valence-corrected chi connectivity index (χ0v) is 19.1. The number of hydrogen-bond donors (Lipinski definition) is 3. The van der Waals surface area contributed by atoms with E-state index in [-0.39, 0.29) is 43.0 Å². The van der Waals surface area contributed by atoms with Crippen molar-refractivity contribution in [3.63, 3.8) is 0 Å². The monoisotopic (exact) mass is 446 g/mol. The van der Waals surface area contributed by atoms with Gasteiger partial charge in [0.25, 0.3) is 5.91 Å². The highest BCUT2D eigenvalue weighted by atomic mass is 32.1. The molecule has 2 amide bonds. The predicted molar refractivity (Wildman–Crippen MR) is 119 cm³/mol. The van der Waals surface area contributed by atoms with Crippen molar-refractivity contribution in [3.8, 4) is 0 Å². The highest BCUT2D eigenvalue weighted by Crippen LogP contribution is 2.44. The van der Waals surface area contributed by atoms with Crippen molar-refractivity contribution in [1.82, 2.24) is 5.32 Å². The number of carbonyl (C=O) groups excluding carboxylic acids is 2. The number of thiophene rings is 1. The molecule has 0 aromatic carbocycles.